The minimum absolute atomic E-state index is 0.220. The van der Waals surface area contributed by atoms with E-state index in [0.29, 0.717) is 0 Å². The van der Waals surface area contributed by atoms with Crippen LogP contribution in [0.3, 0.4) is 0 Å². The van der Waals surface area contributed by atoms with Crippen LogP contribution in [0, 0.1) is 0 Å². The predicted octanol–water partition coefficient (Wildman–Crippen LogP) is 2.92. The maximum atomic E-state index is 5.31. The van der Waals surface area contributed by atoms with Crippen LogP contribution in [0.4, 0.5) is 5.82 Å². The summed E-state index contributed by atoms with van der Waals surface area (Å²) in [6, 6.07) is 12.3. The summed E-state index contributed by atoms with van der Waals surface area (Å²) in [5, 5.41) is 12.6. The molecule has 1 unspecified atom stereocenters. The molecule has 0 saturated carbocycles. The van der Waals surface area contributed by atoms with E-state index < -0.39 is 0 Å². The number of ether oxygens (including phenoxy) is 1. The van der Waals surface area contributed by atoms with E-state index in [1.54, 1.807) is 18.9 Å². The zero-order chi connectivity index (χ0) is 15.9. The van der Waals surface area contributed by atoms with Gasteiger partial charge in [-0.3, -0.25) is 0 Å². The Kier molecular flexibility index (Phi) is 6.03. The maximum Gasteiger partial charge on any atom is 0.148 e. The number of anilines is 1. The first kappa shape index (κ1) is 16.6. The molecule has 0 bridgehead atoms. The fraction of sp³-hybridized carbons (Fsp3) is 0.375. The number of thioether (sulfide) groups is 1. The van der Waals surface area contributed by atoms with Crippen molar-refractivity contribution in [3.63, 3.8) is 0 Å². The van der Waals surface area contributed by atoms with Crippen LogP contribution in [0.25, 0.3) is 0 Å². The fourth-order valence-corrected chi connectivity index (χ4v) is 2.50. The lowest BCUT2D eigenvalue weighted by Gasteiger charge is -2.25. The van der Waals surface area contributed by atoms with Crippen molar-refractivity contribution in [3.8, 4) is 5.75 Å². The van der Waals surface area contributed by atoms with Crippen LogP contribution >= 0.6 is 11.8 Å². The zero-order valence-electron chi connectivity index (χ0n) is 13.4. The molecule has 118 valence electrons. The van der Waals surface area contributed by atoms with Gasteiger partial charge in [0, 0.05) is 6.54 Å². The Morgan fingerprint density at radius 1 is 1.23 bits per heavy atom. The van der Waals surface area contributed by atoms with E-state index >= 15 is 0 Å². The molecule has 0 aliphatic heterocycles. The Bertz CT molecular complexity index is 589. The summed E-state index contributed by atoms with van der Waals surface area (Å²) in [6.45, 7) is 0.744. The number of nitrogens with one attached hydrogen (secondary N) is 1. The minimum atomic E-state index is 0.220. The summed E-state index contributed by atoms with van der Waals surface area (Å²) >= 11 is 1.58. The number of hydrogen-bond donors (Lipinski definition) is 1. The van der Waals surface area contributed by atoms with Gasteiger partial charge in [-0.25, -0.2) is 0 Å². The predicted molar refractivity (Wildman–Crippen MR) is 91.7 cm³/mol. The lowest BCUT2D eigenvalue weighted by atomic mass is 10.1. The number of rotatable bonds is 7. The topological polar surface area (TPSA) is 50.3 Å². The molecule has 22 heavy (non-hydrogen) atoms. The Balaban J connectivity index is 2.07. The van der Waals surface area contributed by atoms with Crippen molar-refractivity contribution in [2.45, 2.75) is 11.1 Å². The first-order chi connectivity index (χ1) is 10.6. The molecule has 0 saturated heterocycles. The highest BCUT2D eigenvalue weighted by atomic mass is 32.2. The third-order valence-corrected chi connectivity index (χ3v) is 4.06. The van der Waals surface area contributed by atoms with Crippen LogP contribution in [0.2, 0.25) is 0 Å². The molecule has 5 nitrogen and oxygen atoms in total. The normalized spacial score (nSPS) is 12.2. The average Bonchev–Trinajstić information content (AvgIpc) is 2.55. The van der Waals surface area contributed by atoms with Crippen molar-refractivity contribution in [2.75, 3.05) is 39.3 Å². The van der Waals surface area contributed by atoms with Gasteiger partial charge in [-0.15, -0.1) is 22.0 Å². The zero-order valence-corrected chi connectivity index (χ0v) is 14.2. The minimum Gasteiger partial charge on any atom is -0.497 e. The fourth-order valence-electron chi connectivity index (χ4n) is 2.17. The molecule has 0 aliphatic carbocycles. The van der Waals surface area contributed by atoms with Crippen molar-refractivity contribution in [3.05, 3.63) is 42.0 Å². The quantitative estimate of drug-likeness (QED) is 0.792. The standard InChI is InChI=1S/C16H22N4OS/c1-20(2)14(12-6-5-7-13(10-12)21-3)11-17-15-8-9-16(22-4)19-18-15/h5-10,14H,11H2,1-4H3,(H,17,18). The summed E-state index contributed by atoms with van der Waals surface area (Å²) in [7, 11) is 5.81. The number of methoxy groups -OCH3 is 1. The van der Waals surface area contributed by atoms with Crippen LogP contribution in [0.5, 0.6) is 5.75 Å². The molecule has 2 aromatic rings. The third kappa shape index (κ3) is 4.35. The molecule has 1 aromatic carbocycles. The van der Waals surface area contributed by atoms with Gasteiger partial charge in [-0.1, -0.05) is 12.1 Å². The second-order valence-electron chi connectivity index (χ2n) is 5.10. The van der Waals surface area contributed by atoms with Gasteiger partial charge >= 0.3 is 0 Å². The summed E-state index contributed by atoms with van der Waals surface area (Å²) < 4.78 is 5.31. The van der Waals surface area contributed by atoms with E-state index in [-0.39, 0.29) is 6.04 Å². The number of hydrogen-bond acceptors (Lipinski definition) is 6. The second kappa shape index (κ2) is 8.00. The monoisotopic (exact) mass is 318 g/mol. The van der Waals surface area contributed by atoms with E-state index in [9.17, 15) is 0 Å². The highest BCUT2D eigenvalue weighted by Gasteiger charge is 2.15. The van der Waals surface area contributed by atoms with Crippen molar-refractivity contribution < 1.29 is 4.74 Å². The Labute approximate surface area is 136 Å². The van der Waals surface area contributed by atoms with Crippen LogP contribution in [-0.2, 0) is 0 Å². The molecule has 0 radical (unpaired) electrons. The highest BCUT2D eigenvalue weighted by Crippen LogP contribution is 2.23. The Morgan fingerprint density at radius 3 is 2.64 bits per heavy atom. The van der Waals surface area contributed by atoms with E-state index in [0.717, 1.165) is 23.1 Å². The molecular formula is C16H22N4OS. The van der Waals surface area contributed by atoms with Gasteiger partial charge in [0.25, 0.3) is 0 Å². The molecule has 1 aromatic heterocycles. The van der Waals surface area contributed by atoms with Crippen molar-refractivity contribution in [2.24, 2.45) is 0 Å². The van der Waals surface area contributed by atoms with Crippen LogP contribution in [0.15, 0.2) is 41.4 Å². The van der Waals surface area contributed by atoms with Gasteiger partial charge in [-0.2, -0.15) is 0 Å². The molecule has 1 N–H and O–H groups in total. The molecule has 1 heterocycles. The van der Waals surface area contributed by atoms with E-state index in [4.69, 9.17) is 4.74 Å². The largest absolute Gasteiger partial charge is 0.497 e. The van der Waals surface area contributed by atoms with Gasteiger partial charge in [-0.05, 0) is 50.2 Å². The summed E-state index contributed by atoms with van der Waals surface area (Å²) in [5.41, 5.74) is 1.20. The number of aromatic nitrogens is 2. The molecule has 6 heteroatoms. The van der Waals surface area contributed by atoms with Gasteiger partial charge in [0.2, 0.25) is 0 Å². The van der Waals surface area contributed by atoms with Crippen LogP contribution in [-0.4, -0.2) is 49.1 Å². The Hall–Kier alpha value is -1.79. The van der Waals surface area contributed by atoms with Crippen LogP contribution in [0.1, 0.15) is 11.6 Å². The lowest BCUT2D eigenvalue weighted by molar-refractivity contribution is 0.310. The summed E-state index contributed by atoms with van der Waals surface area (Å²) in [4.78, 5) is 2.17. The molecule has 0 fully saturated rings. The van der Waals surface area contributed by atoms with Crippen molar-refractivity contribution in [1.29, 1.82) is 0 Å². The second-order valence-corrected chi connectivity index (χ2v) is 5.92. The van der Waals surface area contributed by atoms with Crippen LogP contribution < -0.4 is 10.1 Å². The van der Waals surface area contributed by atoms with Gasteiger partial charge < -0.3 is 15.0 Å². The lowest BCUT2D eigenvalue weighted by Crippen LogP contribution is -2.27. The van der Waals surface area contributed by atoms with Gasteiger partial charge in [0.15, 0.2) is 0 Å². The molecular weight excluding hydrogens is 296 g/mol. The maximum absolute atomic E-state index is 5.31. The average molecular weight is 318 g/mol. The molecule has 0 spiro atoms. The van der Waals surface area contributed by atoms with Gasteiger partial charge in [0.1, 0.15) is 16.6 Å². The summed E-state index contributed by atoms with van der Waals surface area (Å²) in [5.74, 6) is 1.65. The Morgan fingerprint density at radius 2 is 2.05 bits per heavy atom. The number of nitrogens with zero attached hydrogens (tertiary/aromatic N) is 3. The molecule has 2 rings (SSSR count). The number of likely N-dealkylation sites (N-methyl/N-ethyl adjacent to an activating group) is 1. The first-order valence-electron chi connectivity index (χ1n) is 7.06. The van der Waals surface area contributed by atoms with E-state index in [2.05, 4.69) is 46.6 Å². The highest BCUT2D eigenvalue weighted by molar-refractivity contribution is 7.98. The molecule has 0 amide bonds. The smallest absolute Gasteiger partial charge is 0.148 e. The van der Waals surface area contributed by atoms with E-state index in [1.807, 2.05) is 30.5 Å². The molecule has 0 aliphatic rings. The van der Waals surface area contributed by atoms with Crippen molar-refractivity contribution >= 4 is 17.6 Å². The molecule has 1 atom stereocenters. The third-order valence-electron chi connectivity index (χ3n) is 3.43. The number of benzene rings is 1. The van der Waals surface area contributed by atoms with Crippen molar-refractivity contribution in [1.82, 2.24) is 15.1 Å². The van der Waals surface area contributed by atoms with Gasteiger partial charge in [0.05, 0.1) is 13.2 Å². The first-order valence-corrected chi connectivity index (χ1v) is 8.28. The summed E-state index contributed by atoms with van der Waals surface area (Å²) in [6.07, 6.45) is 1.99. The van der Waals surface area contributed by atoms with E-state index in [1.165, 1.54) is 5.56 Å². The SMILES string of the molecule is COc1cccc(C(CNc2ccc(SC)nn2)N(C)C)c1.